The molecular weight excluding hydrogens is 188 g/mol. The van der Waals surface area contributed by atoms with E-state index in [9.17, 15) is 0 Å². The number of aromatic nitrogens is 1. The second-order valence-corrected chi connectivity index (χ2v) is 4.12. The summed E-state index contributed by atoms with van der Waals surface area (Å²) in [5.41, 5.74) is 1.24. The van der Waals surface area contributed by atoms with E-state index in [0.29, 0.717) is 6.04 Å². The standard InChI is InChI=1S/C12H18N2O/c1-13-12(9-4-3-5-9)10-6-11(15-2)8-14-7-10/h6-9,12-13H,3-5H2,1-2H3. The Kier molecular flexibility index (Phi) is 3.21. The molecule has 0 amide bonds. The van der Waals surface area contributed by atoms with Crippen molar-refractivity contribution >= 4 is 0 Å². The maximum absolute atomic E-state index is 5.19. The SMILES string of the molecule is CNC(c1cncc(OC)c1)C1CCC1. The normalized spacial score (nSPS) is 18.3. The van der Waals surface area contributed by atoms with Crippen LogP contribution in [0.2, 0.25) is 0 Å². The van der Waals surface area contributed by atoms with E-state index in [2.05, 4.69) is 16.4 Å². The molecule has 1 fully saturated rings. The lowest BCUT2D eigenvalue weighted by molar-refractivity contribution is 0.238. The van der Waals surface area contributed by atoms with Crippen molar-refractivity contribution in [3.8, 4) is 5.75 Å². The number of hydrogen-bond acceptors (Lipinski definition) is 3. The molecule has 1 unspecified atom stereocenters. The molecule has 1 aliphatic carbocycles. The summed E-state index contributed by atoms with van der Waals surface area (Å²) in [5, 5.41) is 3.38. The molecule has 1 aliphatic rings. The molecule has 0 spiro atoms. The van der Waals surface area contributed by atoms with E-state index in [1.165, 1.54) is 24.8 Å². The first-order valence-electron chi connectivity index (χ1n) is 5.51. The van der Waals surface area contributed by atoms with Gasteiger partial charge in [-0.2, -0.15) is 0 Å². The molecule has 1 heterocycles. The van der Waals surface area contributed by atoms with Crippen molar-refractivity contribution in [1.82, 2.24) is 10.3 Å². The van der Waals surface area contributed by atoms with Gasteiger partial charge in [0, 0.05) is 12.2 Å². The van der Waals surface area contributed by atoms with Gasteiger partial charge in [-0.15, -0.1) is 0 Å². The summed E-state index contributed by atoms with van der Waals surface area (Å²) in [6, 6.07) is 2.51. The minimum atomic E-state index is 0.432. The van der Waals surface area contributed by atoms with Gasteiger partial charge in [-0.3, -0.25) is 4.98 Å². The predicted octanol–water partition coefficient (Wildman–Crippen LogP) is 2.15. The summed E-state index contributed by atoms with van der Waals surface area (Å²) < 4.78 is 5.19. The molecule has 1 atom stereocenters. The van der Waals surface area contributed by atoms with E-state index in [1.807, 2.05) is 13.2 Å². The molecule has 3 heteroatoms. The van der Waals surface area contributed by atoms with Gasteiger partial charge in [-0.1, -0.05) is 6.42 Å². The van der Waals surface area contributed by atoms with Crippen LogP contribution in [0.5, 0.6) is 5.75 Å². The second kappa shape index (κ2) is 4.62. The number of methoxy groups -OCH3 is 1. The average Bonchev–Trinajstić information content (AvgIpc) is 2.23. The minimum Gasteiger partial charge on any atom is -0.495 e. The molecule has 1 saturated carbocycles. The highest BCUT2D eigenvalue weighted by atomic mass is 16.5. The van der Waals surface area contributed by atoms with Crippen LogP contribution < -0.4 is 10.1 Å². The Morgan fingerprint density at radius 3 is 2.80 bits per heavy atom. The van der Waals surface area contributed by atoms with Crippen LogP contribution in [0.25, 0.3) is 0 Å². The van der Waals surface area contributed by atoms with Gasteiger partial charge in [0.1, 0.15) is 5.75 Å². The third-order valence-electron chi connectivity index (χ3n) is 3.26. The summed E-state index contributed by atoms with van der Waals surface area (Å²) in [6.45, 7) is 0. The molecular formula is C12H18N2O. The summed E-state index contributed by atoms with van der Waals surface area (Å²) in [4.78, 5) is 4.20. The molecule has 1 aromatic heterocycles. The fraction of sp³-hybridized carbons (Fsp3) is 0.583. The summed E-state index contributed by atoms with van der Waals surface area (Å²) in [5.74, 6) is 1.61. The van der Waals surface area contributed by atoms with Crippen molar-refractivity contribution < 1.29 is 4.74 Å². The fourth-order valence-electron chi connectivity index (χ4n) is 2.17. The highest BCUT2D eigenvalue weighted by Crippen LogP contribution is 2.37. The number of hydrogen-bond donors (Lipinski definition) is 1. The van der Waals surface area contributed by atoms with Gasteiger partial charge in [-0.05, 0) is 37.4 Å². The molecule has 2 rings (SSSR count). The first kappa shape index (κ1) is 10.4. The third kappa shape index (κ3) is 2.12. The van der Waals surface area contributed by atoms with E-state index in [-0.39, 0.29) is 0 Å². The fourth-order valence-corrected chi connectivity index (χ4v) is 2.17. The van der Waals surface area contributed by atoms with Crippen molar-refractivity contribution in [3.63, 3.8) is 0 Å². The number of nitrogens with one attached hydrogen (secondary N) is 1. The summed E-state index contributed by atoms with van der Waals surface area (Å²) in [6.07, 6.45) is 7.69. The molecule has 3 nitrogen and oxygen atoms in total. The summed E-state index contributed by atoms with van der Waals surface area (Å²) in [7, 11) is 3.70. The Bertz CT molecular complexity index is 323. The first-order chi connectivity index (χ1) is 7.35. The van der Waals surface area contributed by atoms with Gasteiger partial charge in [0.2, 0.25) is 0 Å². The zero-order valence-electron chi connectivity index (χ0n) is 9.36. The average molecular weight is 206 g/mol. The lowest BCUT2D eigenvalue weighted by Crippen LogP contribution is -2.29. The minimum absolute atomic E-state index is 0.432. The third-order valence-corrected chi connectivity index (χ3v) is 3.26. The second-order valence-electron chi connectivity index (χ2n) is 4.12. The van der Waals surface area contributed by atoms with Crippen molar-refractivity contribution in [1.29, 1.82) is 0 Å². The monoisotopic (exact) mass is 206 g/mol. The molecule has 15 heavy (non-hydrogen) atoms. The highest BCUT2D eigenvalue weighted by Gasteiger charge is 2.27. The van der Waals surface area contributed by atoms with Crippen LogP contribution in [0.4, 0.5) is 0 Å². The molecule has 0 aliphatic heterocycles. The van der Waals surface area contributed by atoms with Crippen LogP contribution in [0.3, 0.4) is 0 Å². The van der Waals surface area contributed by atoms with E-state index in [4.69, 9.17) is 4.74 Å². The van der Waals surface area contributed by atoms with E-state index in [0.717, 1.165) is 11.7 Å². The summed E-state index contributed by atoms with van der Waals surface area (Å²) >= 11 is 0. The molecule has 82 valence electrons. The molecule has 0 saturated heterocycles. The largest absolute Gasteiger partial charge is 0.495 e. The van der Waals surface area contributed by atoms with E-state index < -0.39 is 0 Å². The molecule has 1 N–H and O–H groups in total. The Balaban J connectivity index is 2.17. The molecule has 0 radical (unpaired) electrons. The number of pyridine rings is 1. The Morgan fingerprint density at radius 1 is 1.47 bits per heavy atom. The molecule has 0 aromatic carbocycles. The van der Waals surface area contributed by atoms with Crippen molar-refractivity contribution in [2.75, 3.05) is 14.2 Å². The Hall–Kier alpha value is -1.09. The van der Waals surface area contributed by atoms with Crippen LogP contribution >= 0.6 is 0 Å². The first-order valence-corrected chi connectivity index (χ1v) is 5.51. The van der Waals surface area contributed by atoms with E-state index >= 15 is 0 Å². The van der Waals surface area contributed by atoms with Crippen LogP contribution in [-0.2, 0) is 0 Å². The zero-order chi connectivity index (χ0) is 10.7. The van der Waals surface area contributed by atoms with Gasteiger partial charge in [-0.25, -0.2) is 0 Å². The zero-order valence-corrected chi connectivity index (χ0v) is 9.36. The Morgan fingerprint density at radius 2 is 2.27 bits per heavy atom. The van der Waals surface area contributed by atoms with Gasteiger partial charge < -0.3 is 10.1 Å². The quantitative estimate of drug-likeness (QED) is 0.819. The van der Waals surface area contributed by atoms with Crippen molar-refractivity contribution in [2.45, 2.75) is 25.3 Å². The predicted molar refractivity (Wildman–Crippen MR) is 59.9 cm³/mol. The molecule has 0 bridgehead atoms. The number of rotatable bonds is 4. The number of nitrogens with zero attached hydrogens (tertiary/aromatic N) is 1. The maximum Gasteiger partial charge on any atom is 0.137 e. The highest BCUT2D eigenvalue weighted by molar-refractivity contribution is 5.26. The molecule has 1 aromatic rings. The van der Waals surface area contributed by atoms with Crippen LogP contribution in [0, 0.1) is 5.92 Å². The van der Waals surface area contributed by atoms with Crippen LogP contribution in [0.1, 0.15) is 30.9 Å². The van der Waals surface area contributed by atoms with Crippen LogP contribution in [0.15, 0.2) is 18.5 Å². The topological polar surface area (TPSA) is 34.2 Å². The Labute approximate surface area is 90.9 Å². The van der Waals surface area contributed by atoms with E-state index in [1.54, 1.807) is 13.3 Å². The lowest BCUT2D eigenvalue weighted by atomic mass is 9.77. The number of ether oxygens (including phenoxy) is 1. The van der Waals surface area contributed by atoms with Gasteiger partial charge >= 0.3 is 0 Å². The van der Waals surface area contributed by atoms with Gasteiger partial charge in [0.25, 0.3) is 0 Å². The smallest absolute Gasteiger partial charge is 0.137 e. The van der Waals surface area contributed by atoms with Crippen LogP contribution in [-0.4, -0.2) is 19.1 Å². The van der Waals surface area contributed by atoms with Crippen molar-refractivity contribution in [3.05, 3.63) is 24.0 Å². The van der Waals surface area contributed by atoms with Gasteiger partial charge in [0.15, 0.2) is 0 Å². The van der Waals surface area contributed by atoms with Crippen molar-refractivity contribution in [2.24, 2.45) is 5.92 Å². The lowest BCUT2D eigenvalue weighted by Gasteiger charge is -2.33. The van der Waals surface area contributed by atoms with Gasteiger partial charge in [0.05, 0.1) is 13.3 Å². The maximum atomic E-state index is 5.19.